The molecule has 0 bridgehead atoms. The number of aromatic nitrogens is 3. The quantitative estimate of drug-likeness (QED) is 0.530. The van der Waals surface area contributed by atoms with E-state index >= 15 is 0 Å². The van der Waals surface area contributed by atoms with Crippen molar-refractivity contribution < 1.29 is 0 Å². The molecule has 0 fully saturated rings. The van der Waals surface area contributed by atoms with E-state index in [1.807, 2.05) is 47.0 Å². The fourth-order valence-electron chi connectivity index (χ4n) is 2.47. The second-order valence-electron chi connectivity index (χ2n) is 5.35. The van der Waals surface area contributed by atoms with Gasteiger partial charge >= 0.3 is 0 Å². The molecule has 3 aromatic rings. The summed E-state index contributed by atoms with van der Waals surface area (Å²) >= 11 is 12.4. The molecule has 0 radical (unpaired) electrons. The Bertz CT molecular complexity index is 869. The maximum Gasteiger partial charge on any atom is 0.191 e. The van der Waals surface area contributed by atoms with Crippen molar-refractivity contribution >= 4 is 34.8 Å². The first kappa shape index (κ1) is 17.5. The predicted molar refractivity (Wildman–Crippen MR) is 101 cm³/mol. The Labute approximate surface area is 155 Å². The molecule has 0 saturated heterocycles. The first-order valence-electron chi connectivity index (χ1n) is 7.85. The summed E-state index contributed by atoms with van der Waals surface area (Å²) in [4.78, 5) is 4.21. The van der Waals surface area contributed by atoms with Crippen LogP contribution in [0.15, 0.2) is 47.6 Å². The minimum Gasteiger partial charge on any atom is -0.356 e. The zero-order valence-electron chi connectivity index (χ0n) is 13.7. The van der Waals surface area contributed by atoms with Gasteiger partial charge in [0.05, 0.1) is 6.54 Å². The summed E-state index contributed by atoms with van der Waals surface area (Å²) in [5.74, 6) is 1.49. The summed E-state index contributed by atoms with van der Waals surface area (Å²) in [6, 6.07) is 11.3. The molecule has 0 aliphatic carbocycles. The fourth-order valence-corrected chi connectivity index (χ4v) is 3.06. The van der Waals surface area contributed by atoms with Crippen LogP contribution < -0.4 is 10.6 Å². The van der Waals surface area contributed by atoms with Gasteiger partial charge < -0.3 is 10.6 Å². The van der Waals surface area contributed by atoms with E-state index in [2.05, 4.69) is 25.8 Å². The predicted octanol–water partition coefficient (Wildman–Crippen LogP) is 2.94. The number of rotatable bonds is 5. The van der Waals surface area contributed by atoms with Gasteiger partial charge in [-0.25, -0.2) is 0 Å². The molecule has 1 aromatic carbocycles. The van der Waals surface area contributed by atoms with Gasteiger partial charge in [0.2, 0.25) is 0 Å². The van der Waals surface area contributed by atoms with Crippen LogP contribution in [0.5, 0.6) is 0 Å². The smallest absolute Gasteiger partial charge is 0.191 e. The molecule has 0 spiro atoms. The van der Waals surface area contributed by atoms with E-state index in [0.29, 0.717) is 35.5 Å². The van der Waals surface area contributed by atoms with Gasteiger partial charge in [-0.05, 0) is 36.2 Å². The molecule has 2 heterocycles. The molecule has 2 N–H and O–H groups in total. The van der Waals surface area contributed by atoms with E-state index in [9.17, 15) is 0 Å². The summed E-state index contributed by atoms with van der Waals surface area (Å²) in [5, 5.41) is 16.1. The van der Waals surface area contributed by atoms with Crippen LogP contribution in [0.2, 0.25) is 10.0 Å². The Kier molecular flexibility index (Phi) is 5.73. The van der Waals surface area contributed by atoms with Gasteiger partial charge in [-0.2, -0.15) is 0 Å². The molecule has 0 aliphatic heterocycles. The molecule has 0 aliphatic rings. The molecule has 0 unspecified atom stereocenters. The Balaban J connectivity index is 1.55. The van der Waals surface area contributed by atoms with Crippen molar-refractivity contribution in [2.45, 2.75) is 13.0 Å². The van der Waals surface area contributed by atoms with Crippen molar-refractivity contribution in [1.29, 1.82) is 0 Å². The number of benzene rings is 1. The molecule has 8 heteroatoms. The van der Waals surface area contributed by atoms with Gasteiger partial charge in [-0.15, -0.1) is 10.2 Å². The normalized spacial score (nSPS) is 11.7. The topological polar surface area (TPSA) is 66.6 Å². The van der Waals surface area contributed by atoms with Crippen molar-refractivity contribution in [2.75, 3.05) is 13.6 Å². The lowest BCUT2D eigenvalue weighted by Crippen LogP contribution is -2.38. The Morgan fingerprint density at radius 2 is 1.88 bits per heavy atom. The van der Waals surface area contributed by atoms with Crippen LogP contribution in [-0.2, 0) is 13.0 Å². The highest BCUT2D eigenvalue weighted by atomic mass is 35.5. The second-order valence-corrected chi connectivity index (χ2v) is 6.16. The summed E-state index contributed by atoms with van der Waals surface area (Å²) in [5.41, 5.74) is 1.74. The van der Waals surface area contributed by atoms with Crippen molar-refractivity contribution in [2.24, 2.45) is 4.99 Å². The van der Waals surface area contributed by atoms with Crippen LogP contribution in [0.4, 0.5) is 0 Å². The highest BCUT2D eigenvalue weighted by molar-refractivity contribution is 6.35. The molecule has 3 rings (SSSR count). The van der Waals surface area contributed by atoms with E-state index in [1.54, 1.807) is 7.05 Å². The second kappa shape index (κ2) is 8.18. The molecular formula is C17H18Cl2N6. The van der Waals surface area contributed by atoms with Gasteiger partial charge in [0, 0.05) is 29.8 Å². The summed E-state index contributed by atoms with van der Waals surface area (Å²) in [7, 11) is 1.72. The number of hydrogen-bond donors (Lipinski definition) is 2. The van der Waals surface area contributed by atoms with Crippen LogP contribution in [0.25, 0.3) is 5.65 Å². The molecular weight excluding hydrogens is 359 g/mol. The average molecular weight is 377 g/mol. The van der Waals surface area contributed by atoms with Crippen LogP contribution in [-0.4, -0.2) is 34.2 Å². The van der Waals surface area contributed by atoms with Crippen LogP contribution in [0.1, 0.15) is 11.4 Å². The van der Waals surface area contributed by atoms with Crippen molar-refractivity contribution in [3.8, 4) is 0 Å². The van der Waals surface area contributed by atoms with Gasteiger partial charge in [-0.1, -0.05) is 35.3 Å². The fraction of sp³-hybridized carbons (Fsp3) is 0.235. The van der Waals surface area contributed by atoms with Gasteiger partial charge in [0.15, 0.2) is 17.4 Å². The number of nitrogens with one attached hydrogen (secondary N) is 2. The van der Waals surface area contributed by atoms with E-state index in [4.69, 9.17) is 23.2 Å². The van der Waals surface area contributed by atoms with Gasteiger partial charge in [0.1, 0.15) is 0 Å². The number of halogens is 2. The molecule has 0 amide bonds. The van der Waals surface area contributed by atoms with Crippen molar-refractivity contribution in [3.63, 3.8) is 0 Å². The average Bonchev–Trinajstić information content (AvgIpc) is 3.03. The third kappa shape index (κ3) is 4.21. The molecule has 0 saturated carbocycles. The van der Waals surface area contributed by atoms with Crippen molar-refractivity contribution in [3.05, 3.63) is 64.0 Å². The van der Waals surface area contributed by atoms with Gasteiger partial charge in [-0.3, -0.25) is 9.39 Å². The maximum atomic E-state index is 6.19. The molecule has 25 heavy (non-hydrogen) atoms. The van der Waals surface area contributed by atoms with Gasteiger partial charge in [0.25, 0.3) is 0 Å². The largest absolute Gasteiger partial charge is 0.356 e. The Hall–Kier alpha value is -2.31. The summed E-state index contributed by atoms with van der Waals surface area (Å²) < 4.78 is 1.93. The van der Waals surface area contributed by atoms with Crippen LogP contribution in [0, 0.1) is 0 Å². The Morgan fingerprint density at radius 1 is 1.08 bits per heavy atom. The molecule has 0 atom stereocenters. The SMILES string of the molecule is CN=C(NCCc1c(Cl)cccc1Cl)NCc1nnc2ccccn12. The monoisotopic (exact) mass is 376 g/mol. The van der Waals surface area contributed by atoms with E-state index in [1.165, 1.54) is 0 Å². The van der Waals surface area contributed by atoms with Crippen LogP contribution >= 0.6 is 23.2 Å². The molecule has 6 nitrogen and oxygen atoms in total. The molecule has 2 aromatic heterocycles. The highest BCUT2D eigenvalue weighted by Crippen LogP contribution is 2.24. The van der Waals surface area contributed by atoms with E-state index < -0.39 is 0 Å². The van der Waals surface area contributed by atoms with Crippen LogP contribution in [0.3, 0.4) is 0 Å². The third-order valence-electron chi connectivity index (χ3n) is 3.75. The van der Waals surface area contributed by atoms with E-state index in [-0.39, 0.29) is 0 Å². The zero-order chi connectivity index (χ0) is 17.6. The first-order valence-corrected chi connectivity index (χ1v) is 8.60. The minimum absolute atomic E-state index is 0.512. The number of nitrogens with zero attached hydrogens (tertiary/aromatic N) is 4. The minimum atomic E-state index is 0.512. The zero-order valence-corrected chi connectivity index (χ0v) is 15.2. The first-order chi connectivity index (χ1) is 12.2. The maximum absolute atomic E-state index is 6.19. The summed E-state index contributed by atoms with van der Waals surface area (Å²) in [6.07, 6.45) is 2.63. The third-order valence-corrected chi connectivity index (χ3v) is 4.46. The lowest BCUT2D eigenvalue weighted by Gasteiger charge is -2.12. The number of hydrogen-bond acceptors (Lipinski definition) is 3. The standard InChI is InChI=1S/C17H18Cl2N6/c1-20-17(21-9-8-12-13(18)5-4-6-14(12)19)22-11-16-24-23-15-7-2-3-10-25(15)16/h2-7,10H,8-9,11H2,1H3,(H2,20,21,22). The number of guanidine groups is 1. The number of pyridine rings is 1. The lowest BCUT2D eigenvalue weighted by molar-refractivity contribution is 0.757. The molecule has 130 valence electrons. The lowest BCUT2D eigenvalue weighted by atomic mass is 10.1. The summed E-state index contributed by atoms with van der Waals surface area (Å²) in [6.45, 7) is 1.17. The Morgan fingerprint density at radius 3 is 2.64 bits per heavy atom. The number of fused-ring (bicyclic) bond motifs is 1. The van der Waals surface area contributed by atoms with E-state index in [0.717, 1.165) is 17.0 Å². The van der Waals surface area contributed by atoms with Crippen molar-refractivity contribution in [1.82, 2.24) is 25.2 Å². The number of aliphatic imine (C=N–C) groups is 1. The highest BCUT2D eigenvalue weighted by Gasteiger charge is 2.07.